The lowest BCUT2D eigenvalue weighted by atomic mass is 9.78. The van der Waals surface area contributed by atoms with Crippen molar-refractivity contribution in [1.29, 1.82) is 0 Å². The van der Waals surface area contributed by atoms with Crippen LogP contribution >= 0.6 is 0 Å². The second-order valence-electron chi connectivity index (χ2n) is 10.5. The van der Waals surface area contributed by atoms with Crippen LogP contribution in [0.3, 0.4) is 0 Å². The first-order chi connectivity index (χ1) is 16.7. The lowest BCUT2D eigenvalue weighted by Gasteiger charge is -2.32. The first-order valence-corrected chi connectivity index (χ1v) is 11.7. The standard InChI is InChI=1S/C28H20BFO5/c1-27(2)28(3,4)35-29(34-27)14-11-20-22-21(12-14)33-26-16-6-5-15(30)9-13(16)10-19-25(26)24-18(31-19)8-7-17(32-20)23(22)24/h5-12H,1-4H3. The van der Waals surface area contributed by atoms with Gasteiger partial charge in [-0.3, -0.25) is 0 Å². The number of furan rings is 2. The molecule has 0 unspecified atom stereocenters. The van der Waals surface area contributed by atoms with E-state index in [0.29, 0.717) is 27.7 Å². The summed E-state index contributed by atoms with van der Waals surface area (Å²) in [7, 11) is -0.566. The van der Waals surface area contributed by atoms with E-state index in [1.54, 1.807) is 6.07 Å². The van der Waals surface area contributed by atoms with Gasteiger partial charge in [0, 0.05) is 16.2 Å². The van der Waals surface area contributed by atoms with Gasteiger partial charge in [0.25, 0.3) is 0 Å². The largest absolute Gasteiger partial charge is 0.495 e. The van der Waals surface area contributed by atoms with Crippen molar-refractivity contribution in [2.75, 3.05) is 0 Å². The van der Waals surface area contributed by atoms with Gasteiger partial charge in [-0.15, -0.1) is 0 Å². The minimum atomic E-state index is -0.566. The quantitative estimate of drug-likeness (QED) is 0.238. The third-order valence-electron chi connectivity index (χ3n) is 7.91. The van der Waals surface area contributed by atoms with E-state index in [0.717, 1.165) is 43.6 Å². The fourth-order valence-corrected chi connectivity index (χ4v) is 5.45. The van der Waals surface area contributed by atoms with Crippen LogP contribution < -0.4 is 5.46 Å². The molecule has 8 rings (SSSR count). The molecule has 0 radical (unpaired) electrons. The topological polar surface area (TPSA) is 57.9 Å². The van der Waals surface area contributed by atoms with E-state index in [9.17, 15) is 4.39 Å². The lowest BCUT2D eigenvalue weighted by Crippen LogP contribution is -2.41. The van der Waals surface area contributed by atoms with Crippen LogP contribution in [0.1, 0.15) is 27.7 Å². The molecule has 0 N–H and O–H groups in total. The van der Waals surface area contributed by atoms with Gasteiger partial charge in [0.15, 0.2) is 0 Å². The smallest absolute Gasteiger partial charge is 0.456 e. The molecule has 7 heteroatoms. The molecule has 3 aromatic heterocycles. The predicted molar refractivity (Wildman–Crippen MR) is 135 cm³/mol. The first-order valence-electron chi connectivity index (χ1n) is 11.7. The van der Waals surface area contributed by atoms with Crippen LogP contribution in [-0.2, 0) is 9.31 Å². The van der Waals surface area contributed by atoms with Crippen molar-refractivity contribution in [1.82, 2.24) is 0 Å². The Balaban J connectivity index is 1.55. The van der Waals surface area contributed by atoms with Crippen LogP contribution in [0.15, 0.2) is 61.8 Å². The number of hydrogen-bond acceptors (Lipinski definition) is 5. The summed E-state index contributed by atoms with van der Waals surface area (Å²) in [4.78, 5) is 0. The second-order valence-corrected chi connectivity index (χ2v) is 10.5. The van der Waals surface area contributed by atoms with Crippen molar-refractivity contribution in [2.24, 2.45) is 0 Å². The minimum absolute atomic E-state index is 0.308. The highest BCUT2D eigenvalue weighted by Crippen LogP contribution is 2.46. The minimum Gasteiger partial charge on any atom is -0.456 e. The van der Waals surface area contributed by atoms with Gasteiger partial charge in [-0.25, -0.2) is 4.39 Å². The molecule has 0 spiro atoms. The van der Waals surface area contributed by atoms with Crippen LogP contribution in [0.5, 0.6) is 0 Å². The van der Waals surface area contributed by atoms with Gasteiger partial charge in [-0.2, -0.15) is 0 Å². The van der Waals surface area contributed by atoms with Crippen LogP contribution in [0.2, 0.25) is 0 Å². The summed E-state index contributed by atoms with van der Waals surface area (Å²) in [6, 6.07) is 14.4. The third-order valence-corrected chi connectivity index (χ3v) is 7.91. The molecule has 0 aliphatic carbocycles. The Morgan fingerprint density at radius 1 is 0.629 bits per heavy atom. The average Bonchev–Trinajstić information content (AvgIpc) is 3.36. The predicted octanol–water partition coefficient (Wildman–Crippen LogP) is 7.26. The van der Waals surface area contributed by atoms with Gasteiger partial charge in [0.2, 0.25) is 0 Å². The number of benzene rings is 4. The fraction of sp³-hybridized carbons (Fsp3) is 0.214. The Morgan fingerprint density at radius 2 is 1.23 bits per heavy atom. The molecule has 35 heavy (non-hydrogen) atoms. The van der Waals surface area contributed by atoms with Crippen molar-refractivity contribution in [3.8, 4) is 0 Å². The van der Waals surface area contributed by atoms with E-state index in [4.69, 9.17) is 22.6 Å². The van der Waals surface area contributed by atoms with E-state index in [-0.39, 0.29) is 5.82 Å². The summed E-state index contributed by atoms with van der Waals surface area (Å²) < 4.78 is 45.9. The third kappa shape index (κ3) is 2.40. The van der Waals surface area contributed by atoms with E-state index in [2.05, 4.69) is 0 Å². The fourth-order valence-electron chi connectivity index (χ4n) is 5.45. The molecule has 172 valence electrons. The molecule has 0 bridgehead atoms. The van der Waals surface area contributed by atoms with Crippen molar-refractivity contribution >= 4 is 78.4 Å². The lowest BCUT2D eigenvalue weighted by molar-refractivity contribution is 0.00578. The van der Waals surface area contributed by atoms with E-state index >= 15 is 0 Å². The van der Waals surface area contributed by atoms with Crippen LogP contribution in [-0.4, -0.2) is 18.3 Å². The molecule has 4 aromatic carbocycles. The van der Waals surface area contributed by atoms with Crippen LogP contribution in [0.4, 0.5) is 4.39 Å². The maximum atomic E-state index is 14.1. The number of halogens is 1. The van der Waals surface area contributed by atoms with Crippen LogP contribution in [0.25, 0.3) is 65.8 Å². The molecule has 0 amide bonds. The van der Waals surface area contributed by atoms with Gasteiger partial charge in [0.1, 0.15) is 39.3 Å². The van der Waals surface area contributed by atoms with Crippen molar-refractivity contribution in [2.45, 2.75) is 38.9 Å². The molecule has 1 aliphatic rings. The maximum absolute atomic E-state index is 14.1. The highest BCUT2D eigenvalue weighted by atomic mass is 19.1. The average molecular weight is 466 g/mol. The molecule has 4 heterocycles. The van der Waals surface area contributed by atoms with E-state index < -0.39 is 18.3 Å². The molecule has 0 saturated carbocycles. The summed E-state index contributed by atoms with van der Waals surface area (Å²) in [6.45, 7) is 8.12. The van der Waals surface area contributed by atoms with Crippen molar-refractivity contribution < 1.29 is 27.0 Å². The van der Waals surface area contributed by atoms with Gasteiger partial charge >= 0.3 is 7.12 Å². The van der Waals surface area contributed by atoms with E-state index in [1.807, 2.05) is 58.0 Å². The molecule has 5 nitrogen and oxygen atoms in total. The zero-order chi connectivity index (χ0) is 23.9. The van der Waals surface area contributed by atoms with Gasteiger partial charge in [0.05, 0.1) is 22.0 Å². The van der Waals surface area contributed by atoms with Gasteiger partial charge < -0.3 is 22.6 Å². The first kappa shape index (κ1) is 19.7. The summed E-state index contributed by atoms with van der Waals surface area (Å²) >= 11 is 0. The normalized spacial score (nSPS) is 18.0. The van der Waals surface area contributed by atoms with Gasteiger partial charge in [-0.1, -0.05) is 0 Å². The molecule has 0 atom stereocenters. The second kappa shape index (κ2) is 5.98. The SMILES string of the molecule is CC1(C)OB(c2cc3oc4ccc5oc6cc7cc(F)ccc7c7oc(c2)c3c4c5c67)OC1(C)C. The molecular formula is C28H20BFO5. The molecular weight excluding hydrogens is 446 g/mol. The summed E-state index contributed by atoms with van der Waals surface area (Å²) in [6.07, 6.45) is 0. The molecule has 7 aromatic rings. The highest BCUT2D eigenvalue weighted by Gasteiger charge is 2.52. The molecule has 1 saturated heterocycles. The zero-order valence-electron chi connectivity index (χ0n) is 19.6. The Morgan fingerprint density at radius 3 is 1.91 bits per heavy atom. The summed E-state index contributed by atoms with van der Waals surface area (Å²) in [5.41, 5.74) is 3.98. The van der Waals surface area contributed by atoms with E-state index in [1.165, 1.54) is 12.1 Å². The Labute approximate surface area is 198 Å². The van der Waals surface area contributed by atoms with Gasteiger partial charge in [-0.05, 0) is 87.1 Å². The Hall–Kier alpha value is -3.55. The number of hydrogen-bond donors (Lipinski definition) is 0. The summed E-state index contributed by atoms with van der Waals surface area (Å²) in [5.74, 6) is -0.308. The number of fused-ring (bicyclic) bond motifs is 2. The molecule has 1 fully saturated rings. The molecule has 1 aliphatic heterocycles. The monoisotopic (exact) mass is 466 g/mol. The van der Waals surface area contributed by atoms with Crippen LogP contribution in [0, 0.1) is 5.82 Å². The highest BCUT2D eigenvalue weighted by molar-refractivity contribution is 6.62. The summed E-state index contributed by atoms with van der Waals surface area (Å²) in [5, 5.41) is 5.16. The van der Waals surface area contributed by atoms with Crippen molar-refractivity contribution in [3.63, 3.8) is 0 Å². The Kier molecular flexibility index (Phi) is 3.37. The van der Waals surface area contributed by atoms with Crippen molar-refractivity contribution in [3.05, 3.63) is 54.3 Å². The Bertz CT molecular complexity index is 1970. The maximum Gasteiger partial charge on any atom is 0.495 e. The number of rotatable bonds is 1. The zero-order valence-corrected chi connectivity index (χ0v) is 19.6.